The molecule has 3 aromatic rings. The summed E-state index contributed by atoms with van der Waals surface area (Å²) in [4.78, 5) is 27.7. The zero-order valence-electron chi connectivity index (χ0n) is 19.1. The van der Waals surface area contributed by atoms with Crippen molar-refractivity contribution in [3.63, 3.8) is 0 Å². The maximum atomic E-state index is 13.1. The Morgan fingerprint density at radius 2 is 1.50 bits per heavy atom. The van der Waals surface area contributed by atoms with Gasteiger partial charge < -0.3 is 4.90 Å². The van der Waals surface area contributed by atoms with Gasteiger partial charge in [0.1, 0.15) is 0 Å². The molecule has 1 amide bonds. The van der Waals surface area contributed by atoms with Crippen molar-refractivity contribution in [3.8, 4) is 0 Å². The van der Waals surface area contributed by atoms with Crippen molar-refractivity contribution < 1.29 is 18.0 Å². The average molecular weight is 477 g/mol. The van der Waals surface area contributed by atoms with E-state index >= 15 is 0 Å². The Labute approximate surface area is 200 Å². The SMILES string of the molecule is Cc1ccc(C(=O)N2CCC(C(=O)c3ccccc3)CC2)cc1S(=O)(=O)NCc1ccccc1. The van der Waals surface area contributed by atoms with Crippen molar-refractivity contribution in [2.75, 3.05) is 13.1 Å². The molecule has 1 fully saturated rings. The Hall–Kier alpha value is -3.29. The van der Waals surface area contributed by atoms with Crippen molar-refractivity contribution in [2.24, 2.45) is 5.92 Å². The lowest BCUT2D eigenvalue weighted by atomic mass is 9.88. The average Bonchev–Trinajstić information content (AvgIpc) is 2.88. The number of sulfonamides is 1. The molecule has 0 saturated carbocycles. The van der Waals surface area contributed by atoms with Crippen LogP contribution in [-0.4, -0.2) is 38.1 Å². The Morgan fingerprint density at radius 3 is 2.15 bits per heavy atom. The van der Waals surface area contributed by atoms with Gasteiger partial charge in [0.25, 0.3) is 5.91 Å². The van der Waals surface area contributed by atoms with Crippen molar-refractivity contribution in [1.29, 1.82) is 0 Å². The monoisotopic (exact) mass is 476 g/mol. The highest BCUT2D eigenvalue weighted by atomic mass is 32.2. The van der Waals surface area contributed by atoms with Gasteiger partial charge in [0.2, 0.25) is 10.0 Å². The van der Waals surface area contributed by atoms with E-state index < -0.39 is 10.0 Å². The third-order valence-electron chi connectivity index (χ3n) is 6.25. The summed E-state index contributed by atoms with van der Waals surface area (Å²) in [5.41, 5.74) is 2.45. The molecule has 0 atom stereocenters. The maximum absolute atomic E-state index is 13.1. The van der Waals surface area contributed by atoms with E-state index in [0.717, 1.165) is 5.56 Å². The number of aryl methyl sites for hydroxylation is 1. The van der Waals surface area contributed by atoms with E-state index in [1.807, 2.05) is 60.7 Å². The van der Waals surface area contributed by atoms with Crippen LogP contribution < -0.4 is 4.72 Å². The first-order valence-electron chi connectivity index (χ1n) is 11.4. The van der Waals surface area contributed by atoms with Gasteiger partial charge >= 0.3 is 0 Å². The molecule has 1 N–H and O–H groups in total. The van der Waals surface area contributed by atoms with Gasteiger partial charge in [0.15, 0.2) is 5.78 Å². The zero-order valence-corrected chi connectivity index (χ0v) is 19.9. The first-order chi connectivity index (χ1) is 16.3. The predicted octanol–water partition coefficient (Wildman–Crippen LogP) is 4.21. The van der Waals surface area contributed by atoms with E-state index in [1.54, 1.807) is 24.0 Å². The summed E-state index contributed by atoms with van der Waals surface area (Å²) in [5, 5.41) is 0. The molecule has 0 aromatic heterocycles. The Balaban J connectivity index is 1.43. The van der Waals surface area contributed by atoms with E-state index in [1.165, 1.54) is 6.07 Å². The van der Waals surface area contributed by atoms with Crippen molar-refractivity contribution in [1.82, 2.24) is 9.62 Å². The van der Waals surface area contributed by atoms with E-state index in [9.17, 15) is 18.0 Å². The number of carbonyl (C=O) groups is 2. The molecule has 176 valence electrons. The number of rotatable bonds is 7. The first kappa shape index (κ1) is 23.9. The second-order valence-electron chi connectivity index (χ2n) is 8.59. The Kier molecular flexibility index (Phi) is 7.24. The van der Waals surface area contributed by atoms with Gasteiger partial charge in [-0.25, -0.2) is 13.1 Å². The van der Waals surface area contributed by atoms with Gasteiger partial charge in [-0.3, -0.25) is 9.59 Å². The predicted molar refractivity (Wildman–Crippen MR) is 131 cm³/mol. The van der Waals surface area contributed by atoms with E-state index in [-0.39, 0.29) is 29.0 Å². The molecule has 7 heteroatoms. The molecule has 0 aliphatic carbocycles. The minimum atomic E-state index is -3.79. The summed E-state index contributed by atoms with van der Waals surface area (Å²) in [6, 6.07) is 23.3. The molecule has 1 aliphatic rings. The van der Waals surface area contributed by atoms with Crippen LogP contribution in [0.1, 0.15) is 44.7 Å². The van der Waals surface area contributed by atoms with Crippen LogP contribution in [0.4, 0.5) is 0 Å². The molecule has 0 radical (unpaired) electrons. The molecule has 6 nitrogen and oxygen atoms in total. The maximum Gasteiger partial charge on any atom is 0.253 e. The summed E-state index contributed by atoms with van der Waals surface area (Å²) in [6.07, 6.45) is 1.18. The van der Waals surface area contributed by atoms with E-state index in [2.05, 4.69) is 4.72 Å². The molecule has 34 heavy (non-hydrogen) atoms. The summed E-state index contributed by atoms with van der Waals surface area (Å²) in [6.45, 7) is 2.81. The number of ketones is 1. The Bertz CT molecular complexity index is 1270. The van der Waals surface area contributed by atoms with Crippen molar-refractivity contribution >= 4 is 21.7 Å². The second kappa shape index (κ2) is 10.3. The number of benzene rings is 3. The topological polar surface area (TPSA) is 83.6 Å². The standard InChI is InChI=1S/C27H28N2O4S/c1-20-12-13-24(18-25(20)34(32,33)28-19-21-8-4-2-5-9-21)27(31)29-16-14-23(15-17-29)26(30)22-10-6-3-7-11-22/h2-13,18,23,28H,14-17,19H2,1H3. The van der Waals surface area contributed by atoms with Crippen LogP contribution >= 0.6 is 0 Å². The smallest absolute Gasteiger partial charge is 0.253 e. The van der Waals surface area contributed by atoms with Crippen molar-refractivity contribution in [3.05, 3.63) is 101 Å². The van der Waals surface area contributed by atoms with Crippen LogP contribution in [-0.2, 0) is 16.6 Å². The number of amides is 1. The number of hydrogen-bond donors (Lipinski definition) is 1. The number of likely N-dealkylation sites (tertiary alicyclic amines) is 1. The largest absolute Gasteiger partial charge is 0.339 e. The van der Waals surface area contributed by atoms with Gasteiger partial charge in [-0.1, -0.05) is 66.7 Å². The zero-order chi connectivity index (χ0) is 24.1. The summed E-state index contributed by atoms with van der Waals surface area (Å²) >= 11 is 0. The van der Waals surface area contributed by atoms with Crippen LogP contribution in [0.5, 0.6) is 0 Å². The van der Waals surface area contributed by atoms with Gasteiger partial charge in [-0.05, 0) is 43.0 Å². The highest BCUT2D eigenvalue weighted by Gasteiger charge is 2.29. The molecule has 0 unspecified atom stereocenters. The molecule has 1 saturated heterocycles. The third kappa shape index (κ3) is 5.43. The normalized spacial score (nSPS) is 14.7. The molecule has 0 spiro atoms. The summed E-state index contributed by atoms with van der Waals surface area (Å²) in [5.74, 6) is -0.214. The van der Waals surface area contributed by atoms with Crippen LogP contribution in [0, 0.1) is 12.8 Å². The van der Waals surface area contributed by atoms with Gasteiger partial charge in [0, 0.05) is 36.7 Å². The van der Waals surface area contributed by atoms with Crippen LogP contribution in [0.25, 0.3) is 0 Å². The van der Waals surface area contributed by atoms with Crippen LogP contribution in [0.2, 0.25) is 0 Å². The number of piperidine rings is 1. The lowest BCUT2D eigenvalue weighted by Gasteiger charge is -2.31. The number of Topliss-reactive ketones (excluding diaryl/α,β-unsaturated/α-hetero) is 1. The fourth-order valence-electron chi connectivity index (χ4n) is 4.24. The molecule has 1 aliphatic heterocycles. The van der Waals surface area contributed by atoms with E-state index in [4.69, 9.17) is 0 Å². The van der Waals surface area contributed by atoms with Gasteiger partial charge in [0.05, 0.1) is 4.90 Å². The lowest BCUT2D eigenvalue weighted by molar-refractivity contribution is 0.0650. The minimum absolute atomic E-state index is 0.100. The molecule has 4 rings (SSSR count). The third-order valence-corrected chi connectivity index (χ3v) is 7.79. The van der Waals surface area contributed by atoms with Crippen molar-refractivity contribution in [2.45, 2.75) is 31.2 Å². The number of nitrogens with zero attached hydrogens (tertiary/aromatic N) is 1. The minimum Gasteiger partial charge on any atom is -0.339 e. The molecule has 1 heterocycles. The molecular formula is C27H28N2O4S. The fraction of sp³-hybridized carbons (Fsp3) is 0.259. The quantitative estimate of drug-likeness (QED) is 0.518. The number of nitrogens with one attached hydrogen (secondary N) is 1. The van der Waals surface area contributed by atoms with Crippen LogP contribution in [0.15, 0.2) is 83.8 Å². The molecule has 3 aromatic carbocycles. The second-order valence-corrected chi connectivity index (χ2v) is 10.3. The molecule has 0 bridgehead atoms. The number of hydrogen-bond acceptors (Lipinski definition) is 4. The summed E-state index contributed by atoms with van der Waals surface area (Å²) in [7, 11) is -3.79. The molecular weight excluding hydrogens is 448 g/mol. The van der Waals surface area contributed by atoms with Gasteiger partial charge in [-0.15, -0.1) is 0 Å². The first-order valence-corrected chi connectivity index (χ1v) is 12.9. The Morgan fingerprint density at radius 1 is 0.882 bits per heavy atom. The summed E-state index contributed by atoms with van der Waals surface area (Å²) < 4.78 is 28.5. The fourth-order valence-corrected chi connectivity index (χ4v) is 5.53. The number of carbonyl (C=O) groups excluding carboxylic acids is 2. The van der Waals surface area contributed by atoms with E-state index in [0.29, 0.717) is 42.6 Å². The van der Waals surface area contributed by atoms with Crippen LogP contribution in [0.3, 0.4) is 0 Å². The highest BCUT2D eigenvalue weighted by molar-refractivity contribution is 7.89. The highest BCUT2D eigenvalue weighted by Crippen LogP contribution is 2.24. The van der Waals surface area contributed by atoms with Gasteiger partial charge in [-0.2, -0.15) is 0 Å². The lowest BCUT2D eigenvalue weighted by Crippen LogP contribution is -2.40.